The van der Waals surface area contributed by atoms with E-state index in [-0.39, 0.29) is 5.97 Å². The first-order valence-electron chi connectivity index (χ1n) is 12.2. The van der Waals surface area contributed by atoms with Crippen molar-refractivity contribution < 1.29 is 9.53 Å². The van der Waals surface area contributed by atoms with Crippen LogP contribution in [0.5, 0.6) is 0 Å². The Balaban J connectivity index is 1.72. The maximum Gasteiger partial charge on any atom is 0.338 e. The predicted molar refractivity (Wildman–Crippen MR) is 141 cm³/mol. The zero-order chi connectivity index (χ0) is 23.8. The molecule has 1 atom stereocenters. The Morgan fingerprint density at radius 2 is 1.94 bits per heavy atom. The van der Waals surface area contributed by atoms with Crippen molar-refractivity contribution in [2.24, 2.45) is 0 Å². The minimum Gasteiger partial charge on any atom is -0.462 e. The van der Waals surface area contributed by atoms with Gasteiger partial charge < -0.3 is 19.9 Å². The van der Waals surface area contributed by atoms with Gasteiger partial charge in [0.05, 0.1) is 12.2 Å². The molecule has 0 aromatic heterocycles. The van der Waals surface area contributed by atoms with E-state index in [0.717, 1.165) is 38.2 Å². The summed E-state index contributed by atoms with van der Waals surface area (Å²) in [6, 6.07) is 14.5. The first-order chi connectivity index (χ1) is 16.0. The lowest BCUT2D eigenvalue weighted by molar-refractivity contribution is 0.0526. The van der Waals surface area contributed by atoms with Gasteiger partial charge in [-0.25, -0.2) is 4.79 Å². The number of hydrogen-bond acceptors (Lipinski definition) is 4. The number of hydrogen-bond donors (Lipinski definition) is 1. The molecule has 0 radical (unpaired) electrons. The summed E-state index contributed by atoms with van der Waals surface area (Å²) < 4.78 is 5.06. The summed E-state index contributed by atoms with van der Waals surface area (Å²) in [6.45, 7) is 11.8. The SMILES string of the molecule is CCCN1CCCc2cc(CN(C(=S)Nc3ccc(C(=O)OCC)cc3)[C@H](C)CC)ccc21. The highest BCUT2D eigenvalue weighted by Crippen LogP contribution is 2.29. The molecule has 0 bridgehead atoms. The van der Waals surface area contributed by atoms with Crippen molar-refractivity contribution >= 4 is 34.7 Å². The van der Waals surface area contributed by atoms with Gasteiger partial charge in [0.15, 0.2) is 5.11 Å². The van der Waals surface area contributed by atoms with E-state index in [1.165, 1.54) is 29.7 Å². The summed E-state index contributed by atoms with van der Waals surface area (Å²) in [4.78, 5) is 16.7. The van der Waals surface area contributed by atoms with Crippen LogP contribution in [0.15, 0.2) is 42.5 Å². The van der Waals surface area contributed by atoms with Gasteiger partial charge in [0.25, 0.3) is 0 Å². The van der Waals surface area contributed by atoms with Crippen molar-refractivity contribution in [1.29, 1.82) is 0 Å². The number of carbonyl (C=O) groups is 1. The lowest BCUT2D eigenvalue weighted by Gasteiger charge is -2.33. The van der Waals surface area contributed by atoms with Crippen LogP contribution in [0.2, 0.25) is 0 Å². The number of anilines is 2. The molecule has 0 unspecified atom stereocenters. The number of thiocarbonyl (C=S) groups is 1. The van der Waals surface area contributed by atoms with Crippen LogP contribution in [-0.4, -0.2) is 41.7 Å². The molecule has 0 fully saturated rings. The fraction of sp³-hybridized carbons (Fsp3) is 0.481. The van der Waals surface area contributed by atoms with Crippen LogP contribution < -0.4 is 10.2 Å². The minimum absolute atomic E-state index is 0.302. The zero-order valence-electron chi connectivity index (χ0n) is 20.4. The van der Waals surface area contributed by atoms with Crippen LogP contribution in [0, 0.1) is 0 Å². The second-order valence-corrected chi connectivity index (χ2v) is 9.05. The molecular formula is C27H37N3O2S. The van der Waals surface area contributed by atoms with E-state index in [2.05, 4.69) is 54.1 Å². The van der Waals surface area contributed by atoms with Crippen molar-refractivity contribution in [3.8, 4) is 0 Å². The molecule has 2 aromatic rings. The van der Waals surface area contributed by atoms with Crippen LogP contribution in [0.1, 0.15) is 68.4 Å². The number of carbonyl (C=O) groups excluding carboxylic acids is 1. The minimum atomic E-state index is -0.308. The third-order valence-corrected chi connectivity index (χ3v) is 6.57. The molecule has 178 valence electrons. The van der Waals surface area contributed by atoms with Crippen molar-refractivity contribution in [1.82, 2.24) is 4.90 Å². The zero-order valence-corrected chi connectivity index (χ0v) is 21.2. The first kappa shape index (κ1) is 25.0. The molecule has 0 aliphatic carbocycles. The molecule has 2 aromatic carbocycles. The van der Waals surface area contributed by atoms with Crippen LogP contribution in [0.25, 0.3) is 0 Å². The topological polar surface area (TPSA) is 44.8 Å². The Hall–Kier alpha value is -2.60. The monoisotopic (exact) mass is 467 g/mol. The molecule has 1 aliphatic rings. The average Bonchev–Trinajstić information content (AvgIpc) is 2.82. The largest absolute Gasteiger partial charge is 0.462 e. The molecule has 1 aliphatic heterocycles. The third kappa shape index (κ3) is 6.47. The van der Waals surface area contributed by atoms with E-state index >= 15 is 0 Å². The summed E-state index contributed by atoms with van der Waals surface area (Å²) in [5.41, 5.74) is 5.53. The number of esters is 1. The maximum absolute atomic E-state index is 11.9. The molecule has 1 heterocycles. The average molecular weight is 468 g/mol. The van der Waals surface area contributed by atoms with E-state index in [0.29, 0.717) is 23.3 Å². The number of benzene rings is 2. The Morgan fingerprint density at radius 1 is 1.18 bits per heavy atom. The standard InChI is InChI=1S/C27H37N3O2S/c1-5-16-29-17-8-9-23-18-21(10-15-25(23)29)19-30(20(4)6-2)27(33)28-24-13-11-22(12-14-24)26(31)32-7-3/h10-15,18,20H,5-9,16-17,19H2,1-4H3,(H,28,33)/t20-/m1/s1. The molecule has 0 amide bonds. The van der Waals surface area contributed by atoms with Gasteiger partial charge in [0.2, 0.25) is 0 Å². The van der Waals surface area contributed by atoms with Crippen molar-refractivity contribution in [2.45, 2.75) is 66.0 Å². The Labute approximate surface area is 204 Å². The Morgan fingerprint density at radius 3 is 2.61 bits per heavy atom. The maximum atomic E-state index is 11.9. The van der Waals surface area contributed by atoms with Gasteiger partial charge in [0.1, 0.15) is 0 Å². The fourth-order valence-electron chi connectivity index (χ4n) is 4.27. The summed E-state index contributed by atoms with van der Waals surface area (Å²) in [7, 11) is 0. The summed E-state index contributed by atoms with van der Waals surface area (Å²) in [6.07, 6.45) is 4.53. The lowest BCUT2D eigenvalue weighted by Crippen LogP contribution is -2.40. The molecule has 0 spiro atoms. The smallest absolute Gasteiger partial charge is 0.338 e. The fourth-order valence-corrected chi connectivity index (χ4v) is 4.64. The highest BCUT2D eigenvalue weighted by molar-refractivity contribution is 7.80. The van der Waals surface area contributed by atoms with Gasteiger partial charge in [-0.1, -0.05) is 26.0 Å². The van der Waals surface area contributed by atoms with Crippen LogP contribution in [0.4, 0.5) is 11.4 Å². The van der Waals surface area contributed by atoms with E-state index in [1.807, 2.05) is 12.1 Å². The number of aryl methyl sites for hydroxylation is 1. The summed E-state index contributed by atoms with van der Waals surface area (Å²) in [5.74, 6) is -0.308. The third-order valence-electron chi connectivity index (χ3n) is 6.24. The highest BCUT2D eigenvalue weighted by atomic mass is 32.1. The van der Waals surface area contributed by atoms with Gasteiger partial charge in [0, 0.05) is 37.1 Å². The molecule has 6 heteroatoms. The number of rotatable bonds is 9. The highest BCUT2D eigenvalue weighted by Gasteiger charge is 2.20. The molecule has 0 saturated carbocycles. The quantitative estimate of drug-likeness (QED) is 0.359. The number of ether oxygens (including phenoxy) is 1. The summed E-state index contributed by atoms with van der Waals surface area (Å²) >= 11 is 5.81. The summed E-state index contributed by atoms with van der Waals surface area (Å²) in [5, 5.41) is 4.05. The van der Waals surface area contributed by atoms with Crippen molar-refractivity contribution in [2.75, 3.05) is 29.9 Å². The van der Waals surface area contributed by atoms with Crippen molar-refractivity contribution in [3.05, 3.63) is 59.2 Å². The van der Waals surface area contributed by atoms with E-state index in [1.54, 1.807) is 19.1 Å². The van der Waals surface area contributed by atoms with Crippen molar-refractivity contribution in [3.63, 3.8) is 0 Å². The number of nitrogens with one attached hydrogen (secondary N) is 1. The predicted octanol–water partition coefficient (Wildman–Crippen LogP) is 6.02. The Kier molecular flexibility index (Phi) is 9.12. The van der Waals surface area contributed by atoms with Gasteiger partial charge in [-0.15, -0.1) is 0 Å². The van der Waals surface area contributed by atoms with Crippen LogP contribution in [0.3, 0.4) is 0 Å². The second-order valence-electron chi connectivity index (χ2n) is 8.67. The molecule has 1 N–H and O–H groups in total. The van der Waals surface area contributed by atoms with Gasteiger partial charge in [-0.2, -0.15) is 0 Å². The normalized spacial score (nSPS) is 13.8. The van der Waals surface area contributed by atoms with Crippen LogP contribution in [-0.2, 0) is 17.7 Å². The number of fused-ring (bicyclic) bond motifs is 1. The molecule has 5 nitrogen and oxygen atoms in total. The molecule has 33 heavy (non-hydrogen) atoms. The van der Waals surface area contributed by atoms with Gasteiger partial charge in [-0.3, -0.25) is 0 Å². The van der Waals surface area contributed by atoms with E-state index in [4.69, 9.17) is 17.0 Å². The molecule has 0 saturated heterocycles. The van der Waals surface area contributed by atoms with Crippen LogP contribution >= 0.6 is 12.2 Å². The van der Waals surface area contributed by atoms with E-state index in [9.17, 15) is 4.79 Å². The molecule has 3 rings (SSSR count). The van der Waals surface area contributed by atoms with Gasteiger partial charge >= 0.3 is 5.97 Å². The molecular weight excluding hydrogens is 430 g/mol. The lowest BCUT2D eigenvalue weighted by atomic mass is 9.98. The first-order valence-corrected chi connectivity index (χ1v) is 12.6. The second kappa shape index (κ2) is 12.0. The number of nitrogens with zero attached hydrogens (tertiary/aromatic N) is 2. The van der Waals surface area contributed by atoms with E-state index < -0.39 is 0 Å². The Bertz CT molecular complexity index is 945. The van der Waals surface area contributed by atoms with Gasteiger partial charge in [-0.05, 0) is 93.2 Å².